The maximum atomic E-state index is 8.41. The van der Waals surface area contributed by atoms with Crippen molar-refractivity contribution in [3.8, 4) is 11.8 Å². The average Bonchev–Trinajstić information content (AvgIpc) is 2.34. The molecule has 1 atom stereocenters. The lowest BCUT2D eigenvalue weighted by atomic mass is 10.1. The van der Waals surface area contributed by atoms with E-state index in [1.807, 2.05) is 12.1 Å². The fourth-order valence-corrected chi connectivity index (χ4v) is 1.50. The van der Waals surface area contributed by atoms with E-state index < -0.39 is 0 Å². The summed E-state index contributed by atoms with van der Waals surface area (Å²) in [6.07, 6.45) is 1.51. The summed E-state index contributed by atoms with van der Waals surface area (Å²) >= 11 is 0. The Bertz CT molecular complexity index is 340. The van der Waals surface area contributed by atoms with Gasteiger partial charge in [-0.05, 0) is 37.6 Å². The van der Waals surface area contributed by atoms with Crippen LogP contribution in [0.3, 0.4) is 0 Å². The van der Waals surface area contributed by atoms with E-state index in [1.54, 1.807) is 7.11 Å². The van der Waals surface area contributed by atoms with Crippen molar-refractivity contribution in [2.24, 2.45) is 0 Å². The van der Waals surface area contributed by atoms with Gasteiger partial charge in [-0.2, -0.15) is 5.26 Å². The maximum absolute atomic E-state index is 8.41. The minimum atomic E-state index is 0.310. The van der Waals surface area contributed by atoms with Gasteiger partial charge >= 0.3 is 0 Å². The SMILES string of the molecule is COc1ccc(C(C)NCCCC#N)cc1. The number of hydrogen-bond acceptors (Lipinski definition) is 3. The normalized spacial score (nSPS) is 11.8. The Morgan fingerprint density at radius 3 is 2.62 bits per heavy atom. The maximum Gasteiger partial charge on any atom is 0.118 e. The Morgan fingerprint density at radius 1 is 1.38 bits per heavy atom. The third kappa shape index (κ3) is 3.92. The largest absolute Gasteiger partial charge is 0.497 e. The third-order valence-electron chi connectivity index (χ3n) is 2.53. The van der Waals surface area contributed by atoms with E-state index in [1.165, 1.54) is 5.56 Å². The van der Waals surface area contributed by atoms with E-state index in [-0.39, 0.29) is 0 Å². The van der Waals surface area contributed by atoms with Crippen LogP contribution >= 0.6 is 0 Å². The second-order valence-corrected chi connectivity index (χ2v) is 3.71. The van der Waals surface area contributed by atoms with Crippen molar-refractivity contribution < 1.29 is 4.74 Å². The topological polar surface area (TPSA) is 45.0 Å². The molecule has 86 valence electrons. The number of rotatable bonds is 6. The van der Waals surface area contributed by atoms with Crippen LogP contribution < -0.4 is 10.1 Å². The molecule has 0 spiro atoms. The van der Waals surface area contributed by atoms with Crippen LogP contribution in [0.2, 0.25) is 0 Å². The molecule has 0 heterocycles. The first-order valence-corrected chi connectivity index (χ1v) is 5.52. The summed E-state index contributed by atoms with van der Waals surface area (Å²) in [4.78, 5) is 0. The zero-order valence-electron chi connectivity index (χ0n) is 9.86. The lowest BCUT2D eigenvalue weighted by molar-refractivity contribution is 0.414. The van der Waals surface area contributed by atoms with Crippen molar-refractivity contribution in [1.82, 2.24) is 5.32 Å². The summed E-state index contributed by atoms with van der Waals surface area (Å²) in [6, 6.07) is 10.5. The second kappa shape index (κ2) is 6.86. The summed E-state index contributed by atoms with van der Waals surface area (Å²) in [5.41, 5.74) is 1.23. The van der Waals surface area contributed by atoms with Gasteiger partial charge < -0.3 is 10.1 Å². The van der Waals surface area contributed by atoms with Crippen LogP contribution in [0.4, 0.5) is 0 Å². The van der Waals surface area contributed by atoms with Crippen LogP contribution in [0.1, 0.15) is 31.4 Å². The highest BCUT2D eigenvalue weighted by Crippen LogP contribution is 2.16. The summed E-state index contributed by atoms with van der Waals surface area (Å²) < 4.78 is 5.11. The van der Waals surface area contributed by atoms with Gasteiger partial charge in [-0.25, -0.2) is 0 Å². The fourth-order valence-electron chi connectivity index (χ4n) is 1.50. The third-order valence-corrected chi connectivity index (χ3v) is 2.53. The van der Waals surface area contributed by atoms with Crippen LogP contribution in [0.25, 0.3) is 0 Å². The molecule has 0 aliphatic carbocycles. The van der Waals surface area contributed by atoms with Crippen molar-refractivity contribution in [2.45, 2.75) is 25.8 Å². The minimum absolute atomic E-state index is 0.310. The number of hydrogen-bond donors (Lipinski definition) is 1. The molecule has 0 aliphatic rings. The highest BCUT2D eigenvalue weighted by Gasteiger charge is 2.03. The molecule has 16 heavy (non-hydrogen) atoms. The van der Waals surface area contributed by atoms with Crippen LogP contribution in [0.15, 0.2) is 24.3 Å². The number of ether oxygens (including phenoxy) is 1. The van der Waals surface area contributed by atoms with Crippen LogP contribution in [0, 0.1) is 11.3 Å². The van der Waals surface area contributed by atoms with Gasteiger partial charge in [-0.15, -0.1) is 0 Å². The molecule has 1 N–H and O–H groups in total. The van der Waals surface area contributed by atoms with Gasteiger partial charge in [0.2, 0.25) is 0 Å². The second-order valence-electron chi connectivity index (χ2n) is 3.71. The van der Waals surface area contributed by atoms with Crippen molar-refractivity contribution in [1.29, 1.82) is 5.26 Å². The number of nitrogens with zero attached hydrogens (tertiary/aromatic N) is 1. The smallest absolute Gasteiger partial charge is 0.118 e. The molecule has 0 amide bonds. The number of unbranched alkanes of at least 4 members (excludes halogenated alkanes) is 1. The van der Waals surface area contributed by atoms with Gasteiger partial charge in [0.15, 0.2) is 0 Å². The molecule has 0 bridgehead atoms. The molecule has 1 aromatic carbocycles. The number of methoxy groups -OCH3 is 1. The van der Waals surface area contributed by atoms with Crippen molar-refractivity contribution >= 4 is 0 Å². The molecule has 1 unspecified atom stereocenters. The van der Waals surface area contributed by atoms with E-state index in [9.17, 15) is 0 Å². The number of nitriles is 1. The summed E-state index contributed by atoms with van der Waals surface area (Å²) in [5.74, 6) is 0.875. The van der Waals surface area contributed by atoms with Gasteiger partial charge in [-0.3, -0.25) is 0 Å². The van der Waals surface area contributed by atoms with Gasteiger partial charge in [-0.1, -0.05) is 12.1 Å². The number of nitrogens with one attached hydrogen (secondary N) is 1. The van der Waals surface area contributed by atoms with E-state index >= 15 is 0 Å². The minimum Gasteiger partial charge on any atom is -0.497 e. The highest BCUT2D eigenvalue weighted by molar-refractivity contribution is 5.28. The fraction of sp³-hybridized carbons (Fsp3) is 0.462. The molecule has 1 aromatic rings. The van der Waals surface area contributed by atoms with Crippen LogP contribution in [0.5, 0.6) is 5.75 Å². The molecule has 3 nitrogen and oxygen atoms in total. The molecule has 0 saturated heterocycles. The van der Waals surface area contributed by atoms with E-state index in [0.29, 0.717) is 12.5 Å². The molecule has 0 aliphatic heterocycles. The molecular formula is C13H18N2O. The highest BCUT2D eigenvalue weighted by atomic mass is 16.5. The molecule has 0 fully saturated rings. The number of benzene rings is 1. The molecule has 0 aromatic heterocycles. The van der Waals surface area contributed by atoms with Gasteiger partial charge in [0.05, 0.1) is 13.2 Å². The van der Waals surface area contributed by atoms with Crippen LogP contribution in [-0.4, -0.2) is 13.7 Å². The monoisotopic (exact) mass is 218 g/mol. The summed E-state index contributed by atoms with van der Waals surface area (Å²) in [6.45, 7) is 2.99. The Kier molecular flexibility index (Phi) is 5.38. The van der Waals surface area contributed by atoms with Gasteiger partial charge in [0.25, 0.3) is 0 Å². The summed E-state index contributed by atoms with van der Waals surface area (Å²) in [5, 5.41) is 11.8. The zero-order valence-corrected chi connectivity index (χ0v) is 9.86. The molecule has 0 radical (unpaired) electrons. The molecule has 1 rings (SSSR count). The quantitative estimate of drug-likeness (QED) is 0.746. The lowest BCUT2D eigenvalue weighted by Crippen LogP contribution is -2.19. The Balaban J connectivity index is 2.40. The first-order chi connectivity index (χ1) is 7.77. The van der Waals surface area contributed by atoms with E-state index in [0.717, 1.165) is 18.7 Å². The molecule has 0 saturated carbocycles. The van der Waals surface area contributed by atoms with Gasteiger partial charge in [0.1, 0.15) is 5.75 Å². The Labute approximate surface area is 97.0 Å². The zero-order chi connectivity index (χ0) is 11.8. The molecule has 3 heteroatoms. The van der Waals surface area contributed by atoms with Crippen molar-refractivity contribution in [3.63, 3.8) is 0 Å². The summed E-state index contributed by atoms with van der Waals surface area (Å²) in [7, 11) is 1.67. The Morgan fingerprint density at radius 2 is 2.06 bits per heavy atom. The standard InChI is InChI=1S/C13H18N2O/c1-11(15-10-4-3-9-14)12-5-7-13(16-2)8-6-12/h5-8,11,15H,3-4,10H2,1-2H3. The predicted molar refractivity (Wildman–Crippen MR) is 64.3 cm³/mol. The molecular weight excluding hydrogens is 200 g/mol. The first-order valence-electron chi connectivity index (χ1n) is 5.52. The lowest BCUT2D eigenvalue weighted by Gasteiger charge is -2.14. The van der Waals surface area contributed by atoms with Crippen LogP contribution in [-0.2, 0) is 0 Å². The van der Waals surface area contributed by atoms with Gasteiger partial charge in [0, 0.05) is 12.5 Å². The Hall–Kier alpha value is -1.53. The average molecular weight is 218 g/mol. The first kappa shape index (κ1) is 12.5. The van der Waals surface area contributed by atoms with Crippen molar-refractivity contribution in [2.75, 3.05) is 13.7 Å². The van der Waals surface area contributed by atoms with E-state index in [4.69, 9.17) is 10.00 Å². The van der Waals surface area contributed by atoms with E-state index in [2.05, 4.69) is 30.4 Å². The van der Waals surface area contributed by atoms with Crippen molar-refractivity contribution in [3.05, 3.63) is 29.8 Å². The predicted octanol–water partition coefficient (Wildman–Crippen LogP) is 2.65.